The van der Waals surface area contributed by atoms with Gasteiger partial charge in [0.25, 0.3) is 0 Å². The summed E-state index contributed by atoms with van der Waals surface area (Å²) >= 11 is 0. The molecule has 7 heteroatoms. The van der Waals surface area contributed by atoms with Gasteiger partial charge in [0.15, 0.2) is 5.84 Å². The van der Waals surface area contributed by atoms with Crippen LogP contribution in [0.5, 0.6) is 0 Å². The normalized spacial score (nSPS) is 11.4. The summed E-state index contributed by atoms with van der Waals surface area (Å²) in [5.74, 6) is -0.870. The molecule has 1 aromatic carbocycles. The number of rotatable bonds is 3. The number of nitrogens with two attached hydrogens (primary N) is 1. The van der Waals surface area contributed by atoms with Crippen LogP contribution in [0.2, 0.25) is 0 Å². The number of anilines is 1. The highest BCUT2D eigenvalue weighted by molar-refractivity contribution is 5.98. The van der Waals surface area contributed by atoms with Crippen molar-refractivity contribution in [2.45, 2.75) is 19.9 Å². The number of carbonyl (C=O) groups excluding carboxylic acids is 1. The van der Waals surface area contributed by atoms with Crippen LogP contribution in [0.15, 0.2) is 23.4 Å². The number of carbonyl (C=O) groups is 1. The maximum Gasteiger partial charge on any atom is 0.319 e. The van der Waals surface area contributed by atoms with Crippen molar-refractivity contribution in [1.29, 1.82) is 0 Å². The van der Waals surface area contributed by atoms with Crippen molar-refractivity contribution in [2.24, 2.45) is 10.9 Å². The molecule has 5 N–H and O–H groups in total. The van der Waals surface area contributed by atoms with Gasteiger partial charge in [-0.25, -0.2) is 9.18 Å². The van der Waals surface area contributed by atoms with Crippen LogP contribution in [0.1, 0.15) is 19.4 Å². The Bertz CT molecular complexity index is 474. The van der Waals surface area contributed by atoms with Gasteiger partial charge in [-0.2, -0.15) is 0 Å². The van der Waals surface area contributed by atoms with Gasteiger partial charge in [0.1, 0.15) is 5.82 Å². The lowest BCUT2D eigenvalue weighted by Gasteiger charge is -2.11. The summed E-state index contributed by atoms with van der Waals surface area (Å²) < 4.78 is 13.6. The predicted molar refractivity (Wildman–Crippen MR) is 66.2 cm³/mol. The second-order valence-corrected chi connectivity index (χ2v) is 3.93. The molecular formula is C11H15FN4O2. The van der Waals surface area contributed by atoms with Gasteiger partial charge in [-0.05, 0) is 32.0 Å². The quantitative estimate of drug-likeness (QED) is 0.284. The molecule has 6 nitrogen and oxygen atoms in total. The SMILES string of the molecule is CC(C)NC(=O)Nc1ccc(/C(N)=N/O)cc1F. The maximum absolute atomic E-state index is 13.6. The summed E-state index contributed by atoms with van der Waals surface area (Å²) in [6.45, 7) is 3.58. The molecule has 0 aromatic heterocycles. The van der Waals surface area contributed by atoms with Crippen LogP contribution >= 0.6 is 0 Å². The van der Waals surface area contributed by atoms with Crippen LogP contribution in [0, 0.1) is 5.82 Å². The van der Waals surface area contributed by atoms with Crippen LogP contribution in [-0.2, 0) is 0 Å². The molecule has 0 aliphatic heterocycles. The van der Waals surface area contributed by atoms with Gasteiger partial charge in [-0.3, -0.25) is 0 Å². The zero-order valence-corrected chi connectivity index (χ0v) is 10.1. The number of hydrogen-bond donors (Lipinski definition) is 4. The largest absolute Gasteiger partial charge is 0.409 e. The molecule has 0 fully saturated rings. The molecule has 0 atom stereocenters. The minimum absolute atomic E-state index is 0.0163. The number of benzene rings is 1. The third-order valence-corrected chi connectivity index (χ3v) is 2.04. The van der Waals surface area contributed by atoms with Gasteiger partial charge in [-0.1, -0.05) is 5.16 Å². The maximum atomic E-state index is 13.6. The molecule has 0 bridgehead atoms. The number of hydrogen-bond acceptors (Lipinski definition) is 3. The summed E-state index contributed by atoms with van der Waals surface area (Å²) in [6.07, 6.45) is 0. The van der Waals surface area contributed by atoms with Crippen molar-refractivity contribution in [3.8, 4) is 0 Å². The zero-order chi connectivity index (χ0) is 13.7. The summed E-state index contributed by atoms with van der Waals surface area (Å²) in [7, 11) is 0. The number of nitrogens with zero attached hydrogens (tertiary/aromatic N) is 1. The first kappa shape index (κ1) is 13.8. The first-order chi connectivity index (χ1) is 8.43. The fraction of sp³-hybridized carbons (Fsp3) is 0.273. The van der Waals surface area contributed by atoms with E-state index >= 15 is 0 Å². The van der Waals surface area contributed by atoms with E-state index in [0.717, 1.165) is 6.07 Å². The van der Waals surface area contributed by atoms with Crippen LogP contribution < -0.4 is 16.4 Å². The van der Waals surface area contributed by atoms with Gasteiger partial charge in [0.05, 0.1) is 5.69 Å². The van der Waals surface area contributed by atoms with Crippen LogP contribution in [-0.4, -0.2) is 23.1 Å². The zero-order valence-electron chi connectivity index (χ0n) is 10.1. The molecule has 1 rings (SSSR count). The fourth-order valence-corrected chi connectivity index (χ4v) is 1.25. The van der Waals surface area contributed by atoms with E-state index in [4.69, 9.17) is 10.9 Å². The number of halogens is 1. The highest BCUT2D eigenvalue weighted by atomic mass is 19.1. The molecule has 0 aliphatic rings. The van der Waals surface area contributed by atoms with E-state index in [-0.39, 0.29) is 23.1 Å². The van der Waals surface area contributed by atoms with Crippen molar-refractivity contribution < 1.29 is 14.4 Å². The van der Waals surface area contributed by atoms with Crippen molar-refractivity contribution in [3.05, 3.63) is 29.6 Å². The van der Waals surface area contributed by atoms with Gasteiger partial charge < -0.3 is 21.6 Å². The van der Waals surface area contributed by atoms with Crippen molar-refractivity contribution in [1.82, 2.24) is 5.32 Å². The van der Waals surface area contributed by atoms with Crippen LogP contribution in [0.25, 0.3) is 0 Å². The highest BCUT2D eigenvalue weighted by Gasteiger charge is 2.09. The van der Waals surface area contributed by atoms with E-state index in [2.05, 4.69) is 15.8 Å². The Kier molecular flexibility index (Phi) is 4.47. The smallest absolute Gasteiger partial charge is 0.319 e. The van der Waals surface area contributed by atoms with E-state index in [1.54, 1.807) is 13.8 Å². The Hall–Kier alpha value is -2.31. The molecule has 0 aliphatic carbocycles. The van der Waals surface area contributed by atoms with E-state index < -0.39 is 11.8 Å². The molecule has 98 valence electrons. The molecule has 0 saturated heterocycles. The second kappa shape index (κ2) is 5.85. The summed E-state index contributed by atoms with van der Waals surface area (Å²) in [5.41, 5.74) is 5.56. The number of urea groups is 1. The molecule has 0 heterocycles. The minimum atomic E-state index is -0.669. The Morgan fingerprint density at radius 2 is 2.17 bits per heavy atom. The molecule has 2 amide bonds. The van der Waals surface area contributed by atoms with E-state index in [1.165, 1.54) is 12.1 Å². The van der Waals surface area contributed by atoms with E-state index in [0.29, 0.717) is 0 Å². The Labute approximate surface area is 104 Å². The van der Waals surface area contributed by atoms with E-state index in [9.17, 15) is 9.18 Å². The number of nitrogens with one attached hydrogen (secondary N) is 2. The highest BCUT2D eigenvalue weighted by Crippen LogP contribution is 2.15. The first-order valence-electron chi connectivity index (χ1n) is 5.29. The number of amides is 2. The topological polar surface area (TPSA) is 99.7 Å². The lowest BCUT2D eigenvalue weighted by molar-refractivity contribution is 0.250. The monoisotopic (exact) mass is 254 g/mol. The summed E-state index contributed by atoms with van der Waals surface area (Å²) in [6, 6.07) is 3.29. The first-order valence-corrected chi connectivity index (χ1v) is 5.29. The van der Waals surface area contributed by atoms with E-state index in [1.807, 2.05) is 0 Å². The summed E-state index contributed by atoms with van der Waals surface area (Å²) in [5, 5.41) is 16.1. The molecular weight excluding hydrogens is 239 g/mol. The predicted octanol–water partition coefficient (Wildman–Crippen LogP) is 1.45. The summed E-state index contributed by atoms with van der Waals surface area (Å²) in [4.78, 5) is 11.4. The Morgan fingerprint density at radius 1 is 1.50 bits per heavy atom. The molecule has 0 unspecified atom stereocenters. The van der Waals surface area contributed by atoms with Crippen LogP contribution in [0.4, 0.5) is 14.9 Å². The lowest BCUT2D eigenvalue weighted by Crippen LogP contribution is -2.34. The number of amidine groups is 1. The lowest BCUT2D eigenvalue weighted by atomic mass is 10.2. The third-order valence-electron chi connectivity index (χ3n) is 2.04. The minimum Gasteiger partial charge on any atom is -0.409 e. The standard InChI is InChI=1S/C11H15FN4O2/c1-6(2)14-11(17)15-9-4-3-7(5-8(9)12)10(13)16-18/h3-6,18H,1-2H3,(H2,13,16)(H2,14,15,17). The Balaban J connectivity index is 2.83. The molecule has 0 spiro atoms. The van der Waals surface area contributed by atoms with Gasteiger partial charge in [0.2, 0.25) is 0 Å². The fourth-order valence-electron chi connectivity index (χ4n) is 1.25. The average Bonchev–Trinajstić information content (AvgIpc) is 2.29. The molecule has 0 radical (unpaired) electrons. The van der Waals surface area contributed by atoms with Crippen molar-refractivity contribution >= 4 is 17.6 Å². The van der Waals surface area contributed by atoms with Crippen LogP contribution in [0.3, 0.4) is 0 Å². The molecule has 0 saturated carbocycles. The van der Waals surface area contributed by atoms with Gasteiger partial charge in [0, 0.05) is 11.6 Å². The second-order valence-electron chi connectivity index (χ2n) is 3.93. The van der Waals surface area contributed by atoms with Gasteiger partial charge in [-0.15, -0.1) is 0 Å². The molecule has 1 aromatic rings. The van der Waals surface area contributed by atoms with Crippen molar-refractivity contribution in [2.75, 3.05) is 5.32 Å². The molecule has 18 heavy (non-hydrogen) atoms. The van der Waals surface area contributed by atoms with Crippen molar-refractivity contribution in [3.63, 3.8) is 0 Å². The number of oxime groups is 1. The van der Waals surface area contributed by atoms with Gasteiger partial charge >= 0.3 is 6.03 Å². The average molecular weight is 254 g/mol. The Morgan fingerprint density at radius 3 is 2.67 bits per heavy atom. The third kappa shape index (κ3) is 3.62.